The Bertz CT molecular complexity index is 491. The average molecular weight is 262 g/mol. The molecule has 0 aromatic heterocycles. The van der Waals surface area contributed by atoms with Crippen molar-refractivity contribution < 1.29 is 14.6 Å². The molecule has 0 bridgehead atoms. The highest BCUT2D eigenvalue weighted by Gasteiger charge is 2.42. The highest BCUT2D eigenvalue weighted by Crippen LogP contribution is 2.50. The first kappa shape index (κ1) is 13.9. The van der Waals surface area contributed by atoms with Crippen LogP contribution in [0.4, 0.5) is 0 Å². The molecular weight excluding hydrogens is 240 g/mol. The number of methoxy groups -OCH3 is 1. The van der Waals surface area contributed by atoms with Gasteiger partial charge in [0.25, 0.3) is 0 Å². The summed E-state index contributed by atoms with van der Waals surface area (Å²) in [5.74, 6) is -0.0323. The fraction of sp³-hybridized carbons (Fsp3) is 0.562. The smallest absolute Gasteiger partial charge is 0.307 e. The highest BCUT2D eigenvalue weighted by atomic mass is 16.5. The molecule has 1 aliphatic carbocycles. The number of benzene rings is 1. The molecule has 1 aliphatic rings. The first-order chi connectivity index (χ1) is 8.90. The van der Waals surface area contributed by atoms with E-state index in [2.05, 4.69) is 19.9 Å². The number of aliphatic carboxylic acids is 1. The number of hydrogen-bond donors (Lipinski definition) is 1. The Morgan fingerprint density at radius 3 is 2.74 bits per heavy atom. The standard InChI is InChI=1S/C16H22O3/c1-5-11(15(17)18)13-9-16(2,3)14-8-10(19-4)6-7-12(13)14/h6-8,11,13H,5,9H2,1-4H3,(H,17,18)/t11-,13-/m1/s1. The molecule has 0 saturated carbocycles. The third-order valence-electron chi connectivity index (χ3n) is 4.36. The zero-order valence-corrected chi connectivity index (χ0v) is 12.1. The monoisotopic (exact) mass is 262 g/mol. The van der Waals surface area contributed by atoms with Crippen LogP contribution >= 0.6 is 0 Å². The Kier molecular flexibility index (Phi) is 3.57. The summed E-state index contributed by atoms with van der Waals surface area (Å²) >= 11 is 0. The van der Waals surface area contributed by atoms with Crippen LogP contribution in [0.2, 0.25) is 0 Å². The van der Waals surface area contributed by atoms with Gasteiger partial charge in [-0.3, -0.25) is 4.79 Å². The van der Waals surface area contributed by atoms with Gasteiger partial charge in [-0.2, -0.15) is 0 Å². The van der Waals surface area contributed by atoms with E-state index < -0.39 is 5.97 Å². The van der Waals surface area contributed by atoms with E-state index in [0.717, 1.165) is 12.2 Å². The normalized spacial score (nSPS) is 21.8. The largest absolute Gasteiger partial charge is 0.497 e. The van der Waals surface area contributed by atoms with Gasteiger partial charge in [0.05, 0.1) is 13.0 Å². The van der Waals surface area contributed by atoms with Crippen LogP contribution in [0.25, 0.3) is 0 Å². The number of rotatable bonds is 4. The van der Waals surface area contributed by atoms with Gasteiger partial charge in [-0.1, -0.05) is 26.8 Å². The second-order valence-corrected chi connectivity index (χ2v) is 6.00. The Morgan fingerprint density at radius 1 is 1.53 bits per heavy atom. The molecule has 0 aliphatic heterocycles. The fourth-order valence-corrected chi connectivity index (χ4v) is 3.33. The minimum atomic E-state index is -0.688. The SMILES string of the molecule is CC[C@@H](C(=O)O)[C@H]1CC(C)(C)c2cc(OC)ccc21. The molecule has 104 valence electrons. The van der Waals surface area contributed by atoms with Crippen molar-refractivity contribution in [3.63, 3.8) is 0 Å². The lowest BCUT2D eigenvalue weighted by atomic mass is 9.82. The summed E-state index contributed by atoms with van der Waals surface area (Å²) in [5.41, 5.74) is 2.42. The van der Waals surface area contributed by atoms with Gasteiger partial charge in [-0.05, 0) is 47.4 Å². The minimum absolute atomic E-state index is 0.0113. The molecule has 3 nitrogen and oxygen atoms in total. The molecule has 1 N–H and O–H groups in total. The Hall–Kier alpha value is -1.51. The third kappa shape index (κ3) is 2.34. The van der Waals surface area contributed by atoms with Gasteiger partial charge in [-0.15, -0.1) is 0 Å². The lowest BCUT2D eigenvalue weighted by Crippen LogP contribution is -2.21. The number of fused-ring (bicyclic) bond motifs is 1. The molecule has 3 heteroatoms. The molecule has 1 aromatic carbocycles. The summed E-state index contributed by atoms with van der Waals surface area (Å²) in [6, 6.07) is 6.03. The van der Waals surface area contributed by atoms with Crippen molar-refractivity contribution >= 4 is 5.97 Å². The van der Waals surface area contributed by atoms with Crippen molar-refractivity contribution in [2.45, 2.75) is 44.9 Å². The van der Waals surface area contributed by atoms with Crippen LogP contribution in [0.1, 0.15) is 50.7 Å². The van der Waals surface area contributed by atoms with Crippen LogP contribution in [0, 0.1) is 5.92 Å². The minimum Gasteiger partial charge on any atom is -0.497 e. The quantitative estimate of drug-likeness (QED) is 0.902. The van der Waals surface area contributed by atoms with Crippen molar-refractivity contribution in [1.29, 1.82) is 0 Å². The Balaban J connectivity index is 2.47. The number of ether oxygens (including phenoxy) is 1. The van der Waals surface area contributed by atoms with E-state index in [-0.39, 0.29) is 17.3 Å². The lowest BCUT2D eigenvalue weighted by molar-refractivity contribution is -0.142. The predicted octanol–water partition coefficient (Wildman–Crippen LogP) is 3.57. The van der Waals surface area contributed by atoms with E-state index in [9.17, 15) is 9.90 Å². The van der Waals surface area contributed by atoms with Crippen LogP contribution in [0.5, 0.6) is 5.75 Å². The number of carboxylic acid groups (broad SMARTS) is 1. The van der Waals surface area contributed by atoms with Crippen molar-refractivity contribution in [3.8, 4) is 5.75 Å². The third-order valence-corrected chi connectivity index (χ3v) is 4.36. The summed E-state index contributed by atoms with van der Waals surface area (Å²) in [4.78, 5) is 11.4. The molecule has 0 heterocycles. The number of carbonyl (C=O) groups is 1. The zero-order chi connectivity index (χ0) is 14.2. The van der Waals surface area contributed by atoms with E-state index in [4.69, 9.17) is 4.74 Å². The molecule has 2 atom stereocenters. The second-order valence-electron chi connectivity index (χ2n) is 6.00. The van der Waals surface area contributed by atoms with Crippen LogP contribution in [-0.4, -0.2) is 18.2 Å². The van der Waals surface area contributed by atoms with Crippen molar-refractivity contribution in [2.24, 2.45) is 5.92 Å². The van der Waals surface area contributed by atoms with Crippen LogP contribution in [0.15, 0.2) is 18.2 Å². The van der Waals surface area contributed by atoms with E-state index in [1.165, 1.54) is 11.1 Å². The van der Waals surface area contributed by atoms with E-state index in [1.807, 2.05) is 19.1 Å². The molecule has 19 heavy (non-hydrogen) atoms. The predicted molar refractivity (Wildman–Crippen MR) is 74.8 cm³/mol. The number of hydrogen-bond acceptors (Lipinski definition) is 2. The topological polar surface area (TPSA) is 46.5 Å². The molecule has 0 fully saturated rings. The van der Waals surface area contributed by atoms with Gasteiger partial charge >= 0.3 is 5.97 Å². The van der Waals surface area contributed by atoms with Crippen molar-refractivity contribution in [1.82, 2.24) is 0 Å². The molecule has 0 radical (unpaired) electrons. The van der Waals surface area contributed by atoms with Crippen LogP contribution in [-0.2, 0) is 10.2 Å². The maximum absolute atomic E-state index is 11.4. The van der Waals surface area contributed by atoms with Crippen molar-refractivity contribution in [3.05, 3.63) is 29.3 Å². The molecule has 0 unspecified atom stereocenters. The van der Waals surface area contributed by atoms with E-state index in [1.54, 1.807) is 7.11 Å². The fourth-order valence-electron chi connectivity index (χ4n) is 3.33. The van der Waals surface area contributed by atoms with E-state index >= 15 is 0 Å². The van der Waals surface area contributed by atoms with Gasteiger partial charge in [0.2, 0.25) is 0 Å². The summed E-state index contributed by atoms with van der Waals surface area (Å²) in [6.45, 7) is 6.31. The van der Waals surface area contributed by atoms with E-state index in [0.29, 0.717) is 6.42 Å². The Labute approximate surface area is 114 Å². The van der Waals surface area contributed by atoms with Gasteiger partial charge in [0, 0.05) is 0 Å². The molecule has 0 spiro atoms. The highest BCUT2D eigenvalue weighted by molar-refractivity contribution is 5.72. The summed E-state index contributed by atoms with van der Waals surface area (Å²) < 4.78 is 5.29. The maximum atomic E-state index is 11.4. The first-order valence-electron chi connectivity index (χ1n) is 6.82. The van der Waals surface area contributed by atoms with Crippen molar-refractivity contribution in [2.75, 3.05) is 7.11 Å². The van der Waals surface area contributed by atoms with Crippen LogP contribution in [0.3, 0.4) is 0 Å². The lowest BCUT2D eigenvalue weighted by Gasteiger charge is -2.22. The average Bonchev–Trinajstić information content (AvgIpc) is 2.62. The van der Waals surface area contributed by atoms with Gasteiger partial charge in [-0.25, -0.2) is 0 Å². The van der Waals surface area contributed by atoms with Gasteiger partial charge in [0.1, 0.15) is 5.75 Å². The van der Waals surface area contributed by atoms with Gasteiger partial charge < -0.3 is 9.84 Å². The molecule has 0 saturated heterocycles. The van der Waals surface area contributed by atoms with Crippen LogP contribution < -0.4 is 4.74 Å². The summed E-state index contributed by atoms with van der Waals surface area (Å²) in [6.07, 6.45) is 1.56. The zero-order valence-electron chi connectivity index (χ0n) is 12.1. The van der Waals surface area contributed by atoms with Gasteiger partial charge in [0.15, 0.2) is 0 Å². The first-order valence-corrected chi connectivity index (χ1v) is 6.82. The second kappa shape index (κ2) is 4.87. The number of carboxylic acids is 1. The molecule has 1 aromatic rings. The summed E-state index contributed by atoms with van der Waals surface area (Å²) in [7, 11) is 1.66. The molecular formula is C16H22O3. The maximum Gasteiger partial charge on any atom is 0.307 e. The Morgan fingerprint density at radius 2 is 2.21 bits per heavy atom. The summed E-state index contributed by atoms with van der Waals surface area (Å²) in [5, 5.41) is 9.41. The molecule has 0 amide bonds. The molecule has 2 rings (SSSR count).